The Morgan fingerprint density at radius 1 is 1.43 bits per heavy atom. The monoisotopic (exact) mass is 290 g/mol. The summed E-state index contributed by atoms with van der Waals surface area (Å²) in [5.41, 5.74) is 2.73. The Kier molecular flexibility index (Phi) is 5.39. The van der Waals surface area contributed by atoms with E-state index in [1.54, 1.807) is 0 Å². The van der Waals surface area contributed by atoms with E-state index in [0.29, 0.717) is 18.1 Å². The lowest BCUT2D eigenvalue weighted by molar-refractivity contribution is -0.124. The van der Waals surface area contributed by atoms with Crippen LogP contribution in [0.25, 0.3) is 0 Å². The molecule has 2 rings (SSSR count). The third-order valence-corrected chi connectivity index (χ3v) is 4.69. The van der Waals surface area contributed by atoms with Gasteiger partial charge < -0.3 is 10.1 Å². The molecule has 1 aliphatic rings. The summed E-state index contributed by atoms with van der Waals surface area (Å²) < 4.78 is 6.03. The summed E-state index contributed by atoms with van der Waals surface area (Å²) in [6, 6.07) is 4.71. The van der Waals surface area contributed by atoms with Crippen LogP contribution in [0, 0.1) is 11.3 Å². The SMILES string of the molecule is CCc1cccnc1CNC1CC(OCC(C)C)C1(C)C. The van der Waals surface area contributed by atoms with Crippen LogP contribution in [0.5, 0.6) is 0 Å². The van der Waals surface area contributed by atoms with Crippen molar-refractivity contribution >= 4 is 0 Å². The summed E-state index contributed by atoms with van der Waals surface area (Å²) in [4.78, 5) is 4.51. The van der Waals surface area contributed by atoms with Crippen LogP contribution in [0.4, 0.5) is 0 Å². The van der Waals surface area contributed by atoms with Gasteiger partial charge in [-0.25, -0.2) is 0 Å². The summed E-state index contributed by atoms with van der Waals surface area (Å²) in [6.45, 7) is 12.9. The number of nitrogens with one attached hydrogen (secondary N) is 1. The lowest BCUT2D eigenvalue weighted by atomic mass is 9.64. The Morgan fingerprint density at radius 3 is 2.81 bits per heavy atom. The van der Waals surface area contributed by atoms with E-state index in [9.17, 15) is 0 Å². The number of aryl methyl sites for hydroxylation is 1. The highest BCUT2D eigenvalue weighted by molar-refractivity contribution is 5.19. The Bertz CT molecular complexity index is 456. The van der Waals surface area contributed by atoms with E-state index in [1.807, 2.05) is 12.3 Å². The molecule has 1 aromatic rings. The third-order valence-electron chi connectivity index (χ3n) is 4.69. The minimum Gasteiger partial charge on any atom is -0.377 e. The largest absolute Gasteiger partial charge is 0.377 e. The molecule has 1 heterocycles. The smallest absolute Gasteiger partial charge is 0.0656 e. The zero-order valence-electron chi connectivity index (χ0n) is 14.1. The van der Waals surface area contributed by atoms with Crippen LogP contribution in [0.15, 0.2) is 18.3 Å². The van der Waals surface area contributed by atoms with Gasteiger partial charge in [-0.1, -0.05) is 40.7 Å². The maximum atomic E-state index is 6.03. The molecule has 118 valence electrons. The molecule has 1 aliphatic carbocycles. The van der Waals surface area contributed by atoms with E-state index in [2.05, 4.69) is 51.0 Å². The van der Waals surface area contributed by atoms with Gasteiger partial charge in [-0.05, 0) is 30.4 Å². The Labute approximate surface area is 129 Å². The summed E-state index contributed by atoms with van der Waals surface area (Å²) in [7, 11) is 0. The number of pyridine rings is 1. The zero-order chi connectivity index (χ0) is 15.5. The van der Waals surface area contributed by atoms with Crippen molar-refractivity contribution < 1.29 is 4.74 Å². The third kappa shape index (κ3) is 3.83. The predicted molar refractivity (Wildman–Crippen MR) is 87.2 cm³/mol. The van der Waals surface area contributed by atoms with Crippen molar-refractivity contribution in [1.29, 1.82) is 0 Å². The van der Waals surface area contributed by atoms with Gasteiger partial charge >= 0.3 is 0 Å². The van der Waals surface area contributed by atoms with Crippen molar-refractivity contribution in [2.24, 2.45) is 11.3 Å². The van der Waals surface area contributed by atoms with Gasteiger partial charge in [0.05, 0.1) is 11.8 Å². The Balaban J connectivity index is 1.85. The molecule has 0 saturated heterocycles. The molecule has 0 bridgehead atoms. The van der Waals surface area contributed by atoms with E-state index in [0.717, 1.165) is 26.0 Å². The standard InChI is InChI=1S/C18H30N2O/c1-6-14-8-7-9-19-15(14)11-20-16-10-17(18(16,4)5)21-12-13(2)3/h7-9,13,16-17,20H,6,10-12H2,1-5H3. The molecule has 0 amide bonds. The average Bonchev–Trinajstić information content (AvgIpc) is 2.45. The molecule has 0 radical (unpaired) electrons. The first-order chi connectivity index (χ1) is 9.95. The summed E-state index contributed by atoms with van der Waals surface area (Å²) in [5, 5.41) is 3.68. The van der Waals surface area contributed by atoms with Gasteiger partial charge in [-0.3, -0.25) is 4.98 Å². The second-order valence-electron chi connectivity index (χ2n) is 7.17. The first-order valence-corrected chi connectivity index (χ1v) is 8.22. The first-order valence-electron chi connectivity index (χ1n) is 8.22. The highest BCUT2D eigenvalue weighted by Crippen LogP contribution is 2.43. The van der Waals surface area contributed by atoms with Crippen LogP contribution in [-0.4, -0.2) is 23.7 Å². The predicted octanol–water partition coefficient (Wildman–Crippen LogP) is 3.57. The van der Waals surface area contributed by atoms with Crippen LogP contribution in [0.3, 0.4) is 0 Å². The molecular weight excluding hydrogens is 260 g/mol. The number of hydrogen-bond acceptors (Lipinski definition) is 3. The first kappa shape index (κ1) is 16.4. The average molecular weight is 290 g/mol. The molecular formula is C18H30N2O. The highest BCUT2D eigenvalue weighted by Gasteiger charge is 2.48. The fourth-order valence-corrected chi connectivity index (χ4v) is 3.00. The van der Waals surface area contributed by atoms with Gasteiger partial charge in [-0.2, -0.15) is 0 Å². The van der Waals surface area contributed by atoms with Crippen LogP contribution in [0.2, 0.25) is 0 Å². The van der Waals surface area contributed by atoms with E-state index < -0.39 is 0 Å². The van der Waals surface area contributed by atoms with E-state index in [-0.39, 0.29) is 5.41 Å². The Morgan fingerprint density at radius 2 is 2.19 bits per heavy atom. The molecule has 0 aliphatic heterocycles. The number of rotatable bonds is 7. The van der Waals surface area contributed by atoms with E-state index in [4.69, 9.17) is 4.74 Å². The van der Waals surface area contributed by atoms with Crippen molar-refractivity contribution in [2.75, 3.05) is 6.61 Å². The molecule has 0 aromatic carbocycles. The molecule has 1 saturated carbocycles. The molecule has 3 nitrogen and oxygen atoms in total. The fraction of sp³-hybridized carbons (Fsp3) is 0.722. The van der Waals surface area contributed by atoms with Crippen molar-refractivity contribution in [3.8, 4) is 0 Å². The van der Waals surface area contributed by atoms with E-state index in [1.165, 1.54) is 11.3 Å². The number of aromatic nitrogens is 1. The zero-order valence-corrected chi connectivity index (χ0v) is 14.1. The van der Waals surface area contributed by atoms with Gasteiger partial charge in [0, 0.05) is 30.8 Å². The number of hydrogen-bond donors (Lipinski definition) is 1. The summed E-state index contributed by atoms with van der Waals surface area (Å²) in [6.07, 6.45) is 4.41. The minimum absolute atomic E-state index is 0.204. The molecule has 1 aromatic heterocycles. The Hall–Kier alpha value is -0.930. The molecule has 2 atom stereocenters. The van der Waals surface area contributed by atoms with Crippen LogP contribution >= 0.6 is 0 Å². The molecule has 2 unspecified atom stereocenters. The second-order valence-corrected chi connectivity index (χ2v) is 7.17. The van der Waals surface area contributed by atoms with Gasteiger partial charge in [0.15, 0.2) is 0 Å². The van der Waals surface area contributed by atoms with Crippen molar-refractivity contribution in [2.45, 2.75) is 66.2 Å². The quantitative estimate of drug-likeness (QED) is 0.833. The maximum absolute atomic E-state index is 6.03. The van der Waals surface area contributed by atoms with Gasteiger partial charge in [0.2, 0.25) is 0 Å². The highest BCUT2D eigenvalue weighted by atomic mass is 16.5. The molecule has 1 fully saturated rings. The number of nitrogens with zero attached hydrogens (tertiary/aromatic N) is 1. The lowest BCUT2D eigenvalue weighted by Crippen LogP contribution is -2.60. The minimum atomic E-state index is 0.204. The van der Waals surface area contributed by atoms with Crippen molar-refractivity contribution in [1.82, 2.24) is 10.3 Å². The van der Waals surface area contributed by atoms with Crippen LogP contribution in [-0.2, 0) is 17.7 Å². The molecule has 3 heteroatoms. The normalized spacial score (nSPS) is 24.1. The van der Waals surface area contributed by atoms with Gasteiger partial charge in [0.25, 0.3) is 0 Å². The summed E-state index contributed by atoms with van der Waals surface area (Å²) in [5.74, 6) is 0.605. The lowest BCUT2D eigenvalue weighted by Gasteiger charge is -2.52. The van der Waals surface area contributed by atoms with Gasteiger partial charge in [0.1, 0.15) is 0 Å². The molecule has 21 heavy (non-hydrogen) atoms. The van der Waals surface area contributed by atoms with E-state index >= 15 is 0 Å². The van der Waals surface area contributed by atoms with Crippen LogP contribution < -0.4 is 5.32 Å². The topological polar surface area (TPSA) is 34.2 Å². The van der Waals surface area contributed by atoms with Crippen molar-refractivity contribution in [3.05, 3.63) is 29.6 Å². The summed E-state index contributed by atoms with van der Waals surface area (Å²) >= 11 is 0. The second kappa shape index (κ2) is 6.89. The maximum Gasteiger partial charge on any atom is 0.0656 e. The van der Waals surface area contributed by atoms with Crippen molar-refractivity contribution in [3.63, 3.8) is 0 Å². The molecule has 0 spiro atoms. The molecule has 1 N–H and O–H groups in total. The van der Waals surface area contributed by atoms with Crippen LogP contribution in [0.1, 0.15) is 52.3 Å². The van der Waals surface area contributed by atoms with Gasteiger partial charge in [-0.15, -0.1) is 0 Å². The fourth-order valence-electron chi connectivity index (χ4n) is 3.00. The number of ether oxygens (including phenoxy) is 1.